The molecular weight excluding hydrogens is 334 g/mol. The Hall–Kier alpha value is -2.13. The maximum absolute atomic E-state index is 11.8. The van der Waals surface area contributed by atoms with Gasteiger partial charge in [-0.3, -0.25) is 4.79 Å². The fraction of sp³-hybridized carbons (Fsp3) is 0.333. The number of benzene rings is 2. The smallest absolute Gasteiger partial charge is 0.224 e. The van der Waals surface area contributed by atoms with Gasteiger partial charge in [0.15, 0.2) is 0 Å². The van der Waals surface area contributed by atoms with Gasteiger partial charge in [-0.2, -0.15) is 0 Å². The first kappa shape index (κ1) is 20.9. The summed E-state index contributed by atoms with van der Waals surface area (Å²) in [5, 5.41) is 3.55. The predicted octanol–water partition coefficient (Wildman–Crippen LogP) is 5.06. The van der Waals surface area contributed by atoms with Crippen molar-refractivity contribution in [3.05, 3.63) is 59.1 Å². The molecule has 1 N–H and O–H groups in total. The Morgan fingerprint density at radius 3 is 1.96 bits per heavy atom. The Morgan fingerprint density at radius 2 is 1.44 bits per heavy atom. The fourth-order valence-corrected chi connectivity index (χ4v) is 2.40. The molecule has 0 bridgehead atoms. The van der Waals surface area contributed by atoms with Crippen LogP contribution in [0, 0.1) is 0 Å². The van der Waals surface area contributed by atoms with Crippen LogP contribution in [0.3, 0.4) is 0 Å². The van der Waals surface area contributed by atoms with Gasteiger partial charge in [-0.1, -0.05) is 61.8 Å². The van der Waals surface area contributed by atoms with Crippen LogP contribution in [0.1, 0.15) is 39.2 Å². The molecule has 0 aliphatic rings. The van der Waals surface area contributed by atoms with Crippen LogP contribution in [0.4, 0.5) is 0 Å². The quantitative estimate of drug-likeness (QED) is 0.702. The number of carbonyl (C=O) groups is 2. The van der Waals surface area contributed by atoms with E-state index in [0.29, 0.717) is 30.8 Å². The zero-order chi connectivity index (χ0) is 18.7. The molecule has 0 fully saturated rings. The number of halogens is 1. The molecular formula is C21H26ClNO2. The molecule has 0 saturated heterocycles. The number of amides is 1. The molecule has 0 unspecified atom stereocenters. The molecule has 0 aromatic heterocycles. The normalized spacial score (nSPS) is 9.76. The minimum Gasteiger partial charge on any atom is -0.356 e. The van der Waals surface area contributed by atoms with E-state index in [1.807, 2.05) is 62.4 Å². The highest BCUT2D eigenvalue weighted by molar-refractivity contribution is 6.30. The second-order valence-electron chi connectivity index (χ2n) is 5.54. The highest BCUT2D eigenvalue weighted by atomic mass is 35.5. The van der Waals surface area contributed by atoms with Crippen LogP contribution in [0.2, 0.25) is 5.02 Å². The topological polar surface area (TPSA) is 46.2 Å². The monoisotopic (exact) mass is 359 g/mol. The van der Waals surface area contributed by atoms with Crippen molar-refractivity contribution >= 4 is 23.3 Å². The van der Waals surface area contributed by atoms with E-state index in [1.165, 1.54) is 0 Å². The highest BCUT2D eigenvalue weighted by Gasteiger charge is 2.04. The molecule has 4 heteroatoms. The SMILES string of the molecule is CC.CC(=O)CCCNC(=O)Cc1ccc(-c2ccc(Cl)cc2)cc1. The van der Waals surface area contributed by atoms with Gasteiger partial charge in [0.25, 0.3) is 0 Å². The van der Waals surface area contributed by atoms with Crippen molar-refractivity contribution in [1.29, 1.82) is 0 Å². The molecule has 134 valence electrons. The number of hydrogen-bond donors (Lipinski definition) is 1. The van der Waals surface area contributed by atoms with Crippen LogP contribution >= 0.6 is 11.6 Å². The predicted molar refractivity (Wildman–Crippen MR) is 105 cm³/mol. The molecule has 0 saturated carbocycles. The van der Waals surface area contributed by atoms with Crippen molar-refractivity contribution in [3.8, 4) is 11.1 Å². The summed E-state index contributed by atoms with van der Waals surface area (Å²) in [6.45, 7) is 6.10. The number of hydrogen-bond acceptors (Lipinski definition) is 2. The molecule has 0 radical (unpaired) electrons. The minimum atomic E-state index is -0.0206. The Balaban J connectivity index is 0.00000151. The summed E-state index contributed by atoms with van der Waals surface area (Å²) in [5.74, 6) is 0.129. The second-order valence-corrected chi connectivity index (χ2v) is 5.97. The molecule has 0 spiro atoms. The Labute approximate surface area is 155 Å². The van der Waals surface area contributed by atoms with Crippen molar-refractivity contribution < 1.29 is 9.59 Å². The molecule has 0 atom stereocenters. The van der Waals surface area contributed by atoms with Crippen LogP contribution in [0.15, 0.2) is 48.5 Å². The summed E-state index contributed by atoms with van der Waals surface area (Å²) in [5.41, 5.74) is 3.15. The van der Waals surface area contributed by atoms with Crippen molar-refractivity contribution in [1.82, 2.24) is 5.32 Å². The first-order valence-electron chi connectivity index (χ1n) is 8.65. The summed E-state index contributed by atoms with van der Waals surface area (Å²) in [4.78, 5) is 22.7. The lowest BCUT2D eigenvalue weighted by Crippen LogP contribution is -2.26. The van der Waals surface area contributed by atoms with Crippen LogP contribution in [-0.2, 0) is 16.0 Å². The molecule has 2 rings (SSSR count). The fourth-order valence-electron chi connectivity index (χ4n) is 2.27. The lowest BCUT2D eigenvalue weighted by molar-refractivity contribution is -0.121. The van der Waals surface area contributed by atoms with E-state index in [-0.39, 0.29) is 11.7 Å². The average molecular weight is 360 g/mol. The van der Waals surface area contributed by atoms with Gasteiger partial charge >= 0.3 is 0 Å². The number of nitrogens with one attached hydrogen (secondary N) is 1. The van der Waals surface area contributed by atoms with Crippen molar-refractivity contribution in [2.24, 2.45) is 0 Å². The summed E-state index contributed by atoms with van der Waals surface area (Å²) < 4.78 is 0. The molecule has 2 aromatic carbocycles. The minimum absolute atomic E-state index is 0.0206. The van der Waals surface area contributed by atoms with Crippen LogP contribution in [0.25, 0.3) is 11.1 Å². The number of Topliss-reactive ketones (excluding diaryl/α,β-unsaturated/α-hetero) is 1. The van der Waals surface area contributed by atoms with E-state index in [2.05, 4.69) is 5.32 Å². The number of ketones is 1. The first-order valence-corrected chi connectivity index (χ1v) is 9.03. The van der Waals surface area contributed by atoms with Gasteiger partial charge in [0.05, 0.1) is 6.42 Å². The average Bonchev–Trinajstić information content (AvgIpc) is 2.62. The third-order valence-electron chi connectivity index (χ3n) is 3.52. The third-order valence-corrected chi connectivity index (χ3v) is 3.78. The molecule has 2 aromatic rings. The third kappa shape index (κ3) is 7.99. The number of carbonyl (C=O) groups excluding carboxylic acids is 2. The largest absolute Gasteiger partial charge is 0.356 e. The van der Waals surface area contributed by atoms with Crippen LogP contribution in [0.5, 0.6) is 0 Å². The second kappa shape index (κ2) is 11.4. The van der Waals surface area contributed by atoms with E-state index in [4.69, 9.17) is 11.6 Å². The summed E-state index contributed by atoms with van der Waals surface area (Å²) in [6, 6.07) is 15.6. The van der Waals surface area contributed by atoms with Crippen LogP contribution < -0.4 is 5.32 Å². The van der Waals surface area contributed by atoms with E-state index < -0.39 is 0 Å². The zero-order valence-electron chi connectivity index (χ0n) is 15.1. The van der Waals surface area contributed by atoms with Crippen molar-refractivity contribution in [3.63, 3.8) is 0 Å². The zero-order valence-corrected chi connectivity index (χ0v) is 15.9. The van der Waals surface area contributed by atoms with E-state index >= 15 is 0 Å². The molecule has 0 heterocycles. The molecule has 25 heavy (non-hydrogen) atoms. The van der Waals surface area contributed by atoms with Gasteiger partial charge in [0.2, 0.25) is 5.91 Å². The summed E-state index contributed by atoms with van der Waals surface area (Å²) >= 11 is 5.89. The van der Waals surface area contributed by atoms with Gasteiger partial charge in [-0.05, 0) is 42.2 Å². The highest BCUT2D eigenvalue weighted by Crippen LogP contribution is 2.21. The summed E-state index contributed by atoms with van der Waals surface area (Å²) in [7, 11) is 0. The maximum Gasteiger partial charge on any atom is 0.224 e. The Morgan fingerprint density at radius 1 is 0.920 bits per heavy atom. The lowest BCUT2D eigenvalue weighted by Gasteiger charge is -2.06. The van der Waals surface area contributed by atoms with E-state index in [9.17, 15) is 9.59 Å². The molecule has 0 aliphatic heterocycles. The number of rotatable bonds is 7. The molecule has 3 nitrogen and oxygen atoms in total. The summed E-state index contributed by atoms with van der Waals surface area (Å²) in [6.07, 6.45) is 1.55. The van der Waals surface area contributed by atoms with Gasteiger partial charge in [0.1, 0.15) is 5.78 Å². The van der Waals surface area contributed by atoms with Gasteiger partial charge in [-0.25, -0.2) is 0 Å². The van der Waals surface area contributed by atoms with Crippen LogP contribution in [-0.4, -0.2) is 18.2 Å². The van der Waals surface area contributed by atoms with Gasteiger partial charge in [0, 0.05) is 18.0 Å². The Bertz CT molecular complexity index is 663. The van der Waals surface area contributed by atoms with Gasteiger partial charge < -0.3 is 10.1 Å². The first-order chi connectivity index (χ1) is 12.0. The lowest BCUT2D eigenvalue weighted by atomic mass is 10.0. The van der Waals surface area contributed by atoms with Crippen molar-refractivity contribution in [2.75, 3.05) is 6.54 Å². The van der Waals surface area contributed by atoms with E-state index in [0.717, 1.165) is 16.7 Å². The maximum atomic E-state index is 11.8. The standard InChI is InChI=1S/C19H20ClNO2.C2H6/c1-14(22)3-2-12-21-19(23)13-15-4-6-16(7-5-15)17-8-10-18(20)11-9-17;1-2/h4-11H,2-3,12-13H2,1H3,(H,21,23);1-2H3. The van der Waals surface area contributed by atoms with Crippen molar-refractivity contribution in [2.45, 2.75) is 40.0 Å². The molecule has 0 aliphatic carbocycles. The van der Waals surface area contributed by atoms with E-state index in [1.54, 1.807) is 6.92 Å². The van der Waals surface area contributed by atoms with Gasteiger partial charge in [-0.15, -0.1) is 0 Å². The Kier molecular flexibility index (Phi) is 9.56. The molecule has 1 amide bonds.